The number of methoxy groups -OCH3 is 1. The number of nitrogens with zero attached hydrogens (tertiary/aromatic N) is 1. The van der Waals surface area contributed by atoms with Crippen molar-refractivity contribution in [2.45, 2.75) is 13.2 Å². The van der Waals surface area contributed by atoms with E-state index in [1.807, 2.05) is 42.3 Å². The third-order valence-corrected chi connectivity index (χ3v) is 3.65. The highest BCUT2D eigenvalue weighted by Crippen LogP contribution is 2.29. The SMILES string of the molecule is COc1cc(CN(C)C(=S)Nc2ccccc2)ccc1OC(F)F. The number of hydrogen-bond donors (Lipinski definition) is 1. The number of hydrogen-bond acceptors (Lipinski definition) is 3. The van der Waals surface area contributed by atoms with Gasteiger partial charge in [0.05, 0.1) is 7.11 Å². The van der Waals surface area contributed by atoms with Crippen LogP contribution in [0.3, 0.4) is 0 Å². The summed E-state index contributed by atoms with van der Waals surface area (Å²) >= 11 is 5.36. The summed E-state index contributed by atoms with van der Waals surface area (Å²) in [5, 5.41) is 3.68. The maximum Gasteiger partial charge on any atom is 0.387 e. The van der Waals surface area contributed by atoms with Crippen LogP contribution in [0.5, 0.6) is 11.5 Å². The highest BCUT2D eigenvalue weighted by molar-refractivity contribution is 7.80. The predicted molar refractivity (Wildman–Crippen MR) is 93.8 cm³/mol. The molecule has 0 saturated carbocycles. The number of ether oxygens (including phenoxy) is 2. The minimum atomic E-state index is -2.89. The van der Waals surface area contributed by atoms with E-state index in [2.05, 4.69) is 10.1 Å². The Labute approximate surface area is 145 Å². The third kappa shape index (κ3) is 5.06. The number of halogens is 2. The summed E-state index contributed by atoms with van der Waals surface area (Å²) < 4.78 is 34.2. The molecule has 2 rings (SSSR count). The van der Waals surface area contributed by atoms with Crippen LogP contribution in [0.1, 0.15) is 5.56 Å². The van der Waals surface area contributed by atoms with Crippen LogP contribution in [0, 0.1) is 0 Å². The van der Waals surface area contributed by atoms with E-state index in [4.69, 9.17) is 17.0 Å². The van der Waals surface area contributed by atoms with Gasteiger partial charge in [-0.1, -0.05) is 24.3 Å². The molecule has 0 fully saturated rings. The van der Waals surface area contributed by atoms with Crippen LogP contribution in [0.25, 0.3) is 0 Å². The lowest BCUT2D eigenvalue weighted by molar-refractivity contribution is -0.0512. The number of alkyl halides is 2. The van der Waals surface area contributed by atoms with Gasteiger partial charge in [-0.25, -0.2) is 0 Å². The molecule has 24 heavy (non-hydrogen) atoms. The highest BCUT2D eigenvalue weighted by Gasteiger charge is 2.12. The van der Waals surface area contributed by atoms with Crippen LogP contribution in [0.4, 0.5) is 14.5 Å². The van der Waals surface area contributed by atoms with Gasteiger partial charge in [-0.15, -0.1) is 0 Å². The van der Waals surface area contributed by atoms with Gasteiger partial charge in [-0.2, -0.15) is 8.78 Å². The first-order valence-electron chi connectivity index (χ1n) is 7.18. The van der Waals surface area contributed by atoms with Gasteiger partial charge in [0, 0.05) is 19.3 Å². The smallest absolute Gasteiger partial charge is 0.387 e. The fraction of sp³-hybridized carbons (Fsp3) is 0.235. The molecule has 0 amide bonds. The number of nitrogens with one attached hydrogen (secondary N) is 1. The molecule has 0 radical (unpaired) electrons. The van der Waals surface area contributed by atoms with E-state index in [0.29, 0.717) is 11.7 Å². The highest BCUT2D eigenvalue weighted by atomic mass is 32.1. The van der Waals surface area contributed by atoms with Gasteiger partial charge in [0.2, 0.25) is 0 Å². The second-order valence-electron chi connectivity index (χ2n) is 5.02. The van der Waals surface area contributed by atoms with E-state index in [-0.39, 0.29) is 11.5 Å². The topological polar surface area (TPSA) is 33.7 Å². The molecule has 128 valence electrons. The molecule has 0 unspecified atom stereocenters. The van der Waals surface area contributed by atoms with Crippen molar-refractivity contribution in [2.75, 3.05) is 19.5 Å². The van der Waals surface area contributed by atoms with Crippen LogP contribution in [-0.2, 0) is 6.54 Å². The van der Waals surface area contributed by atoms with E-state index in [9.17, 15) is 8.78 Å². The van der Waals surface area contributed by atoms with Crippen molar-refractivity contribution in [1.82, 2.24) is 4.90 Å². The molecule has 7 heteroatoms. The molecule has 0 aliphatic carbocycles. The van der Waals surface area contributed by atoms with Crippen molar-refractivity contribution in [3.8, 4) is 11.5 Å². The summed E-state index contributed by atoms with van der Waals surface area (Å²) in [7, 11) is 3.25. The second kappa shape index (κ2) is 8.44. The number of rotatable bonds is 6. The Kier molecular flexibility index (Phi) is 6.31. The number of thiocarbonyl (C=S) groups is 1. The minimum absolute atomic E-state index is 0.00360. The molecule has 0 aliphatic heterocycles. The van der Waals surface area contributed by atoms with Crippen LogP contribution >= 0.6 is 12.2 Å². The molecule has 2 aromatic carbocycles. The molecular weight excluding hydrogens is 334 g/mol. The van der Waals surface area contributed by atoms with Gasteiger partial charge in [0.1, 0.15) is 0 Å². The Hall–Kier alpha value is -2.41. The zero-order valence-corrected chi connectivity index (χ0v) is 14.1. The monoisotopic (exact) mass is 352 g/mol. The van der Waals surface area contributed by atoms with Gasteiger partial charge in [-0.3, -0.25) is 0 Å². The minimum Gasteiger partial charge on any atom is -0.493 e. The van der Waals surface area contributed by atoms with E-state index >= 15 is 0 Å². The van der Waals surface area contributed by atoms with Crippen molar-refractivity contribution in [3.63, 3.8) is 0 Å². The summed E-state index contributed by atoms with van der Waals surface area (Å²) in [6, 6.07) is 14.4. The lowest BCUT2D eigenvalue weighted by Gasteiger charge is -2.21. The molecule has 2 aromatic rings. The standard InChI is InChI=1S/C17H18F2N2O2S/c1-21(17(24)20-13-6-4-3-5-7-13)11-12-8-9-14(23-16(18)19)15(10-12)22-2/h3-10,16H,11H2,1-2H3,(H,20,24). The van der Waals surface area contributed by atoms with Crippen LogP contribution in [0.15, 0.2) is 48.5 Å². The zero-order valence-electron chi connectivity index (χ0n) is 13.3. The largest absolute Gasteiger partial charge is 0.493 e. The van der Waals surface area contributed by atoms with E-state index < -0.39 is 6.61 Å². The van der Waals surface area contributed by atoms with Crippen molar-refractivity contribution >= 4 is 23.0 Å². The Morgan fingerprint density at radius 1 is 1.17 bits per heavy atom. The summed E-state index contributed by atoms with van der Waals surface area (Å²) in [5.41, 5.74) is 1.75. The van der Waals surface area contributed by atoms with E-state index in [1.165, 1.54) is 13.2 Å². The molecule has 4 nitrogen and oxygen atoms in total. The Morgan fingerprint density at radius 3 is 2.50 bits per heavy atom. The molecule has 0 aromatic heterocycles. The average Bonchev–Trinajstić information content (AvgIpc) is 2.56. The van der Waals surface area contributed by atoms with E-state index in [1.54, 1.807) is 12.1 Å². The summed E-state index contributed by atoms with van der Waals surface area (Å²) in [5.74, 6) is 0.257. The number of anilines is 1. The Bertz CT molecular complexity index is 684. The van der Waals surface area contributed by atoms with Crippen LogP contribution in [0.2, 0.25) is 0 Å². The first-order chi connectivity index (χ1) is 11.5. The fourth-order valence-corrected chi connectivity index (χ4v) is 2.27. The fourth-order valence-electron chi connectivity index (χ4n) is 2.09. The zero-order chi connectivity index (χ0) is 17.5. The Balaban J connectivity index is 2.02. The molecule has 0 aliphatic rings. The summed E-state index contributed by atoms with van der Waals surface area (Å²) in [4.78, 5) is 1.84. The van der Waals surface area contributed by atoms with Crippen LogP contribution < -0.4 is 14.8 Å². The van der Waals surface area contributed by atoms with Crippen molar-refractivity contribution in [3.05, 3.63) is 54.1 Å². The van der Waals surface area contributed by atoms with Gasteiger partial charge in [0.25, 0.3) is 0 Å². The predicted octanol–water partition coefficient (Wildman–Crippen LogP) is 4.13. The van der Waals surface area contributed by atoms with Gasteiger partial charge >= 0.3 is 6.61 Å². The van der Waals surface area contributed by atoms with Crippen molar-refractivity contribution in [2.24, 2.45) is 0 Å². The van der Waals surface area contributed by atoms with Crippen molar-refractivity contribution < 1.29 is 18.3 Å². The van der Waals surface area contributed by atoms with Crippen molar-refractivity contribution in [1.29, 1.82) is 0 Å². The lowest BCUT2D eigenvalue weighted by Crippen LogP contribution is -2.30. The molecule has 0 heterocycles. The maximum absolute atomic E-state index is 12.3. The molecule has 0 bridgehead atoms. The first-order valence-corrected chi connectivity index (χ1v) is 7.59. The molecule has 0 saturated heterocycles. The second-order valence-corrected chi connectivity index (χ2v) is 5.40. The molecular formula is C17H18F2N2O2S. The van der Waals surface area contributed by atoms with Crippen LogP contribution in [-0.4, -0.2) is 30.8 Å². The van der Waals surface area contributed by atoms with Gasteiger partial charge in [-0.05, 0) is 42.0 Å². The number of para-hydroxylation sites is 1. The molecule has 0 atom stereocenters. The summed E-state index contributed by atoms with van der Waals surface area (Å²) in [6.07, 6.45) is 0. The van der Waals surface area contributed by atoms with Gasteiger partial charge in [0.15, 0.2) is 16.6 Å². The normalized spacial score (nSPS) is 10.4. The molecule has 1 N–H and O–H groups in total. The van der Waals surface area contributed by atoms with E-state index in [0.717, 1.165) is 11.3 Å². The number of benzene rings is 2. The third-order valence-electron chi connectivity index (χ3n) is 3.24. The average molecular weight is 352 g/mol. The first kappa shape index (κ1) is 17.9. The quantitative estimate of drug-likeness (QED) is 0.791. The Morgan fingerprint density at radius 2 is 1.88 bits per heavy atom. The maximum atomic E-state index is 12.3. The molecule has 0 spiro atoms. The lowest BCUT2D eigenvalue weighted by atomic mass is 10.2. The van der Waals surface area contributed by atoms with Gasteiger partial charge < -0.3 is 19.7 Å². The summed E-state index contributed by atoms with van der Waals surface area (Å²) in [6.45, 7) is -2.40.